The summed E-state index contributed by atoms with van der Waals surface area (Å²) >= 11 is 2.07. The first-order valence-electron chi connectivity index (χ1n) is 8.16. The minimum Gasteiger partial charge on any atom is -0.315 e. The van der Waals surface area contributed by atoms with Gasteiger partial charge in [-0.15, -0.1) is 0 Å². The zero-order valence-corrected chi connectivity index (χ0v) is 14.5. The number of hydrogen-bond acceptors (Lipinski definition) is 2. The monoisotopic (exact) mass is 313 g/mol. The van der Waals surface area contributed by atoms with Crippen LogP contribution >= 0.6 is 11.8 Å². The van der Waals surface area contributed by atoms with E-state index in [4.69, 9.17) is 0 Å². The summed E-state index contributed by atoms with van der Waals surface area (Å²) in [6.07, 6.45) is 1.11. The molecule has 0 bridgehead atoms. The van der Waals surface area contributed by atoms with Crippen LogP contribution < -0.4 is 5.32 Å². The van der Waals surface area contributed by atoms with Crippen molar-refractivity contribution in [3.8, 4) is 0 Å². The van der Waals surface area contributed by atoms with Crippen LogP contribution in [0.1, 0.15) is 25.0 Å². The van der Waals surface area contributed by atoms with Gasteiger partial charge in [0.25, 0.3) is 0 Å². The van der Waals surface area contributed by atoms with Crippen molar-refractivity contribution >= 4 is 11.8 Å². The molecule has 0 saturated heterocycles. The average Bonchev–Trinajstić information content (AvgIpc) is 2.55. The summed E-state index contributed by atoms with van der Waals surface area (Å²) in [5.41, 5.74) is 2.83. The zero-order valence-electron chi connectivity index (χ0n) is 13.7. The molecule has 0 saturated carbocycles. The average molecular weight is 314 g/mol. The van der Waals surface area contributed by atoms with Gasteiger partial charge in [-0.25, -0.2) is 0 Å². The molecule has 118 valence electrons. The molecule has 2 aromatic rings. The normalized spacial score (nSPS) is 12.5. The Bertz CT molecular complexity index is 510. The van der Waals surface area contributed by atoms with Gasteiger partial charge in [-0.3, -0.25) is 0 Å². The fraction of sp³-hybridized carbons (Fsp3) is 0.400. The highest BCUT2D eigenvalue weighted by molar-refractivity contribution is 7.99. The Labute approximate surface area is 139 Å². The van der Waals surface area contributed by atoms with E-state index in [1.54, 1.807) is 0 Å². The van der Waals surface area contributed by atoms with Crippen molar-refractivity contribution in [3.05, 3.63) is 71.8 Å². The van der Waals surface area contributed by atoms with E-state index in [-0.39, 0.29) is 0 Å². The number of hydrogen-bond donors (Lipinski definition) is 1. The molecule has 1 atom stereocenters. The van der Waals surface area contributed by atoms with E-state index in [9.17, 15) is 0 Å². The fourth-order valence-electron chi connectivity index (χ4n) is 2.39. The van der Waals surface area contributed by atoms with E-state index in [2.05, 4.69) is 91.6 Å². The van der Waals surface area contributed by atoms with Crippen molar-refractivity contribution in [2.75, 3.05) is 13.1 Å². The van der Waals surface area contributed by atoms with E-state index in [1.807, 2.05) is 0 Å². The Morgan fingerprint density at radius 2 is 1.45 bits per heavy atom. The lowest BCUT2D eigenvalue weighted by Gasteiger charge is -2.21. The number of thioether (sulfide) groups is 1. The van der Waals surface area contributed by atoms with E-state index in [0.29, 0.717) is 11.2 Å². The lowest BCUT2D eigenvalue weighted by Crippen LogP contribution is -2.30. The summed E-state index contributed by atoms with van der Waals surface area (Å²) in [7, 11) is 0. The Balaban J connectivity index is 1.70. The maximum atomic E-state index is 3.63. The molecule has 1 nitrogen and oxygen atoms in total. The molecule has 0 radical (unpaired) electrons. The maximum Gasteiger partial charge on any atom is 0.0198 e. The second-order valence-corrected chi connectivity index (χ2v) is 7.25. The van der Waals surface area contributed by atoms with Gasteiger partial charge in [0, 0.05) is 17.5 Å². The van der Waals surface area contributed by atoms with Gasteiger partial charge in [-0.05, 0) is 30.0 Å². The molecule has 0 spiro atoms. The summed E-state index contributed by atoms with van der Waals surface area (Å²) in [4.78, 5) is 0. The van der Waals surface area contributed by atoms with Crippen LogP contribution in [0.4, 0.5) is 0 Å². The summed E-state index contributed by atoms with van der Waals surface area (Å²) in [5.74, 6) is 1.79. The molecule has 1 N–H and O–H groups in total. The predicted octanol–water partition coefficient (Wildman–Crippen LogP) is 4.78. The largest absolute Gasteiger partial charge is 0.315 e. The van der Waals surface area contributed by atoms with Gasteiger partial charge < -0.3 is 5.32 Å². The fourth-order valence-corrected chi connectivity index (χ4v) is 3.61. The molecule has 22 heavy (non-hydrogen) atoms. The summed E-state index contributed by atoms with van der Waals surface area (Å²) < 4.78 is 0. The van der Waals surface area contributed by atoms with Gasteiger partial charge >= 0.3 is 0 Å². The second-order valence-electron chi connectivity index (χ2n) is 6.02. The number of nitrogens with one attached hydrogen (secondary N) is 1. The highest BCUT2D eigenvalue weighted by Crippen LogP contribution is 2.23. The topological polar surface area (TPSA) is 12.0 Å². The van der Waals surface area contributed by atoms with E-state index in [0.717, 1.165) is 25.3 Å². The first-order valence-corrected chi connectivity index (χ1v) is 9.20. The summed E-state index contributed by atoms with van der Waals surface area (Å²) in [6.45, 7) is 6.78. The minimum absolute atomic E-state index is 0.663. The highest BCUT2D eigenvalue weighted by atomic mass is 32.2. The van der Waals surface area contributed by atoms with Crippen molar-refractivity contribution in [2.24, 2.45) is 5.92 Å². The van der Waals surface area contributed by atoms with Crippen LogP contribution in [-0.2, 0) is 12.2 Å². The first kappa shape index (κ1) is 17.1. The molecule has 0 aliphatic carbocycles. The van der Waals surface area contributed by atoms with Gasteiger partial charge in [-0.1, -0.05) is 74.5 Å². The van der Waals surface area contributed by atoms with Crippen LogP contribution in [-0.4, -0.2) is 18.3 Å². The Morgan fingerprint density at radius 1 is 0.864 bits per heavy atom. The lowest BCUT2D eigenvalue weighted by atomic mass is 10.1. The van der Waals surface area contributed by atoms with Crippen molar-refractivity contribution in [1.29, 1.82) is 0 Å². The molecular formula is C20H27NS. The van der Waals surface area contributed by atoms with Gasteiger partial charge in [0.05, 0.1) is 0 Å². The first-order chi connectivity index (χ1) is 10.8. The summed E-state index contributed by atoms with van der Waals surface area (Å²) in [5, 5.41) is 4.29. The maximum absolute atomic E-state index is 3.63. The quantitative estimate of drug-likeness (QED) is 0.669. The van der Waals surface area contributed by atoms with Gasteiger partial charge in [0.1, 0.15) is 0 Å². The lowest BCUT2D eigenvalue weighted by molar-refractivity contribution is 0.554. The SMILES string of the molecule is CC(C)[C@@H](CNCCc1ccccc1)SCc1ccccc1. The zero-order chi connectivity index (χ0) is 15.6. The molecule has 0 aliphatic heterocycles. The van der Waals surface area contributed by atoms with Crippen molar-refractivity contribution in [1.82, 2.24) is 5.32 Å². The third-order valence-electron chi connectivity index (χ3n) is 3.83. The number of benzene rings is 2. The highest BCUT2D eigenvalue weighted by Gasteiger charge is 2.13. The molecular weight excluding hydrogens is 286 g/mol. The Morgan fingerprint density at radius 3 is 2.05 bits per heavy atom. The third kappa shape index (κ3) is 6.25. The number of rotatable bonds is 9. The van der Waals surface area contributed by atoms with Crippen LogP contribution in [0.15, 0.2) is 60.7 Å². The molecule has 2 aromatic carbocycles. The smallest absolute Gasteiger partial charge is 0.0198 e. The minimum atomic E-state index is 0.663. The van der Waals surface area contributed by atoms with Crippen molar-refractivity contribution < 1.29 is 0 Å². The molecule has 0 aliphatic rings. The van der Waals surface area contributed by atoms with Crippen LogP contribution in [0.5, 0.6) is 0 Å². The molecule has 0 amide bonds. The van der Waals surface area contributed by atoms with Crippen molar-refractivity contribution in [3.63, 3.8) is 0 Å². The van der Waals surface area contributed by atoms with E-state index < -0.39 is 0 Å². The molecule has 0 unspecified atom stereocenters. The van der Waals surface area contributed by atoms with Crippen LogP contribution in [0.2, 0.25) is 0 Å². The molecule has 2 heteroatoms. The summed E-state index contributed by atoms with van der Waals surface area (Å²) in [6, 6.07) is 21.5. The third-order valence-corrected chi connectivity index (χ3v) is 5.47. The van der Waals surface area contributed by atoms with Gasteiger partial charge in [-0.2, -0.15) is 11.8 Å². The molecule has 0 aromatic heterocycles. The van der Waals surface area contributed by atoms with Gasteiger partial charge in [0.15, 0.2) is 0 Å². The second kappa shape index (κ2) is 9.70. The van der Waals surface area contributed by atoms with E-state index in [1.165, 1.54) is 11.1 Å². The van der Waals surface area contributed by atoms with Gasteiger partial charge in [0.2, 0.25) is 0 Å². The van der Waals surface area contributed by atoms with Crippen LogP contribution in [0.25, 0.3) is 0 Å². The predicted molar refractivity (Wildman–Crippen MR) is 99.4 cm³/mol. The molecule has 0 heterocycles. The van der Waals surface area contributed by atoms with E-state index >= 15 is 0 Å². The standard InChI is InChI=1S/C20H27NS/c1-17(2)20(22-16-19-11-7-4-8-12-19)15-21-14-13-18-9-5-3-6-10-18/h3-12,17,20-21H,13-16H2,1-2H3/t20-/m1/s1. The molecule has 0 fully saturated rings. The Kier molecular flexibility index (Phi) is 7.55. The van der Waals surface area contributed by atoms with Crippen LogP contribution in [0, 0.1) is 5.92 Å². The van der Waals surface area contributed by atoms with Crippen LogP contribution in [0.3, 0.4) is 0 Å². The Hall–Kier alpha value is -1.25. The van der Waals surface area contributed by atoms with Crippen molar-refractivity contribution in [2.45, 2.75) is 31.3 Å². The molecule has 2 rings (SSSR count).